The van der Waals surface area contributed by atoms with Crippen LogP contribution < -0.4 is 24.3 Å². The molecule has 0 fully saturated rings. The van der Waals surface area contributed by atoms with E-state index in [4.69, 9.17) is 42.1 Å². The molecule has 0 spiro atoms. The van der Waals surface area contributed by atoms with Crippen molar-refractivity contribution in [1.29, 1.82) is 0 Å². The van der Waals surface area contributed by atoms with Gasteiger partial charge in [0.1, 0.15) is 6.61 Å². The molecule has 0 unspecified atom stereocenters. The normalized spacial score (nSPS) is 12.0. The van der Waals surface area contributed by atoms with Gasteiger partial charge in [-0.3, -0.25) is 0 Å². The lowest BCUT2D eigenvalue weighted by Crippen LogP contribution is -2.05. The molecule has 4 rings (SSSR count). The van der Waals surface area contributed by atoms with E-state index in [2.05, 4.69) is 5.32 Å². The zero-order chi connectivity index (χ0) is 20.2. The standard InChI is InChI=1S/C22H19Cl2NO4/c1-26-20-4-2-3-14(11-25-17-7-8-19-21(10-17)29-13-28-19)22(20)27-12-15-5-6-16(23)9-18(15)24/h2-10,25H,11-13H2,1H3. The van der Waals surface area contributed by atoms with Crippen molar-refractivity contribution in [3.63, 3.8) is 0 Å². The van der Waals surface area contributed by atoms with Gasteiger partial charge in [0.05, 0.1) is 7.11 Å². The Hall–Kier alpha value is -2.76. The van der Waals surface area contributed by atoms with Crippen LogP contribution in [0.15, 0.2) is 54.6 Å². The molecule has 1 aliphatic rings. The number of fused-ring (bicyclic) bond motifs is 1. The van der Waals surface area contributed by atoms with Crippen molar-refractivity contribution in [2.24, 2.45) is 0 Å². The summed E-state index contributed by atoms with van der Waals surface area (Å²) in [5.41, 5.74) is 2.72. The highest BCUT2D eigenvalue weighted by molar-refractivity contribution is 6.35. The van der Waals surface area contributed by atoms with Crippen LogP contribution in [0.4, 0.5) is 5.69 Å². The summed E-state index contributed by atoms with van der Waals surface area (Å²) in [5, 5.41) is 4.53. The Labute approximate surface area is 179 Å². The van der Waals surface area contributed by atoms with E-state index in [0.29, 0.717) is 34.7 Å². The summed E-state index contributed by atoms with van der Waals surface area (Å²) in [6, 6.07) is 16.9. The summed E-state index contributed by atoms with van der Waals surface area (Å²) < 4.78 is 22.4. The van der Waals surface area contributed by atoms with Crippen LogP contribution in [0, 0.1) is 0 Å². The molecule has 29 heavy (non-hydrogen) atoms. The number of hydrogen-bond donors (Lipinski definition) is 1. The molecule has 3 aromatic carbocycles. The maximum Gasteiger partial charge on any atom is 0.231 e. The van der Waals surface area contributed by atoms with Crippen LogP contribution >= 0.6 is 23.2 Å². The van der Waals surface area contributed by atoms with Crippen molar-refractivity contribution in [3.8, 4) is 23.0 Å². The average molecular weight is 432 g/mol. The van der Waals surface area contributed by atoms with Crippen molar-refractivity contribution >= 4 is 28.9 Å². The van der Waals surface area contributed by atoms with Crippen molar-refractivity contribution in [1.82, 2.24) is 0 Å². The lowest BCUT2D eigenvalue weighted by atomic mass is 10.1. The predicted octanol–water partition coefficient (Wildman–Crippen LogP) is 5.92. The number of benzene rings is 3. The Morgan fingerprint density at radius 1 is 0.966 bits per heavy atom. The number of hydrogen-bond acceptors (Lipinski definition) is 5. The van der Waals surface area contributed by atoms with Crippen LogP contribution in [0.2, 0.25) is 10.0 Å². The van der Waals surface area contributed by atoms with Gasteiger partial charge in [-0.05, 0) is 30.3 Å². The molecule has 5 nitrogen and oxygen atoms in total. The molecule has 3 aromatic rings. The minimum absolute atomic E-state index is 0.250. The van der Waals surface area contributed by atoms with Gasteiger partial charge in [0.2, 0.25) is 6.79 Å². The Balaban J connectivity index is 1.51. The van der Waals surface area contributed by atoms with Crippen LogP contribution in [0.1, 0.15) is 11.1 Å². The molecule has 0 amide bonds. The topological polar surface area (TPSA) is 49.0 Å². The number of halogens is 2. The minimum Gasteiger partial charge on any atom is -0.493 e. The Morgan fingerprint density at radius 3 is 2.66 bits per heavy atom. The molecule has 0 bridgehead atoms. The van der Waals surface area contributed by atoms with E-state index in [0.717, 1.165) is 28.3 Å². The summed E-state index contributed by atoms with van der Waals surface area (Å²) in [7, 11) is 1.62. The monoisotopic (exact) mass is 431 g/mol. The van der Waals surface area contributed by atoms with Gasteiger partial charge in [0.15, 0.2) is 23.0 Å². The second-order valence-electron chi connectivity index (χ2n) is 6.39. The van der Waals surface area contributed by atoms with E-state index in [1.807, 2.05) is 42.5 Å². The van der Waals surface area contributed by atoms with E-state index >= 15 is 0 Å². The highest BCUT2D eigenvalue weighted by Gasteiger charge is 2.15. The third-order valence-electron chi connectivity index (χ3n) is 4.52. The predicted molar refractivity (Wildman–Crippen MR) is 114 cm³/mol. The van der Waals surface area contributed by atoms with Gasteiger partial charge in [-0.2, -0.15) is 0 Å². The largest absolute Gasteiger partial charge is 0.493 e. The highest BCUT2D eigenvalue weighted by atomic mass is 35.5. The molecule has 1 aliphatic heterocycles. The zero-order valence-corrected chi connectivity index (χ0v) is 17.2. The van der Waals surface area contributed by atoms with Gasteiger partial charge in [0, 0.05) is 39.5 Å². The molecule has 150 valence electrons. The Kier molecular flexibility index (Phi) is 5.88. The molecule has 1 heterocycles. The third-order valence-corrected chi connectivity index (χ3v) is 5.11. The number of para-hydroxylation sites is 1. The molecular weight excluding hydrogens is 413 g/mol. The van der Waals surface area contributed by atoms with Crippen molar-refractivity contribution in [2.45, 2.75) is 13.2 Å². The third kappa shape index (κ3) is 4.47. The van der Waals surface area contributed by atoms with Gasteiger partial charge in [-0.15, -0.1) is 0 Å². The molecular formula is C22H19Cl2NO4. The van der Waals surface area contributed by atoms with Crippen molar-refractivity contribution < 1.29 is 18.9 Å². The number of nitrogens with one attached hydrogen (secondary N) is 1. The Bertz CT molecular complexity index is 1030. The number of anilines is 1. The molecule has 0 atom stereocenters. The second kappa shape index (κ2) is 8.72. The SMILES string of the molecule is COc1cccc(CNc2ccc3c(c2)OCO3)c1OCc1ccc(Cl)cc1Cl. The summed E-state index contributed by atoms with van der Waals surface area (Å²) >= 11 is 12.2. The van der Waals surface area contributed by atoms with Crippen molar-refractivity contribution in [2.75, 3.05) is 19.2 Å². The molecule has 0 saturated carbocycles. The fourth-order valence-electron chi connectivity index (χ4n) is 3.02. The van der Waals surface area contributed by atoms with Crippen LogP contribution in [-0.2, 0) is 13.2 Å². The fourth-order valence-corrected chi connectivity index (χ4v) is 3.48. The van der Waals surface area contributed by atoms with Gasteiger partial charge < -0.3 is 24.3 Å². The van der Waals surface area contributed by atoms with E-state index in [9.17, 15) is 0 Å². The molecule has 0 saturated heterocycles. The van der Waals surface area contributed by atoms with Crippen LogP contribution in [-0.4, -0.2) is 13.9 Å². The highest BCUT2D eigenvalue weighted by Crippen LogP contribution is 2.36. The van der Waals surface area contributed by atoms with E-state index < -0.39 is 0 Å². The van der Waals surface area contributed by atoms with Gasteiger partial charge in [0.25, 0.3) is 0 Å². The zero-order valence-electron chi connectivity index (χ0n) is 15.7. The van der Waals surface area contributed by atoms with E-state index in [1.54, 1.807) is 19.2 Å². The second-order valence-corrected chi connectivity index (χ2v) is 7.24. The first-order valence-electron chi connectivity index (χ1n) is 9.00. The summed E-state index contributed by atoms with van der Waals surface area (Å²) in [4.78, 5) is 0. The maximum atomic E-state index is 6.27. The first-order valence-corrected chi connectivity index (χ1v) is 9.76. The summed E-state index contributed by atoms with van der Waals surface area (Å²) in [6.07, 6.45) is 0. The van der Waals surface area contributed by atoms with E-state index in [1.165, 1.54) is 0 Å². The fraction of sp³-hybridized carbons (Fsp3) is 0.182. The average Bonchev–Trinajstić information content (AvgIpc) is 3.19. The smallest absolute Gasteiger partial charge is 0.231 e. The van der Waals surface area contributed by atoms with Crippen LogP contribution in [0.3, 0.4) is 0 Å². The van der Waals surface area contributed by atoms with Crippen molar-refractivity contribution in [3.05, 3.63) is 75.8 Å². The Morgan fingerprint density at radius 2 is 1.83 bits per heavy atom. The first-order chi connectivity index (χ1) is 14.1. The van der Waals surface area contributed by atoms with Gasteiger partial charge >= 0.3 is 0 Å². The first kappa shape index (κ1) is 19.6. The van der Waals surface area contributed by atoms with Crippen LogP contribution in [0.5, 0.6) is 23.0 Å². The van der Waals surface area contributed by atoms with Gasteiger partial charge in [-0.1, -0.05) is 41.4 Å². The van der Waals surface area contributed by atoms with E-state index in [-0.39, 0.29) is 6.79 Å². The lowest BCUT2D eigenvalue weighted by Gasteiger charge is -2.16. The molecule has 0 aromatic heterocycles. The van der Waals surface area contributed by atoms with Gasteiger partial charge in [-0.25, -0.2) is 0 Å². The molecule has 0 aliphatic carbocycles. The summed E-state index contributed by atoms with van der Waals surface area (Å²) in [5.74, 6) is 2.80. The minimum atomic E-state index is 0.250. The lowest BCUT2D eigenvalue weighted by molar-refractivity contribution is 0.174. The van der Waals surface area contributed by atoms with Crippen LogP contribution in [0.25, 0.3) is 0 Å². The number of methoxy groups -OCH3 is 1. The molecule has 0 radical (unpaired) electrons. The quantitative estimate of drug-likeness (QED) is 0.502. The molecule has 1 N–H and O–H groups in total. The summed E-state index contributed by atoms with van der Waals surface area (Å²) in [6.45, 7) is 1.09. The number of ether oxygens (including phenoxy) is 4. The number of rotatable bonds is 7. The maximum absolute atomic E-state index is 6.27. The molecule has 7 heteroatoms.